The maximum atomic E-state index is 13.2. The lowest BCUT2D eigenvalue weighted by Crippen LogP contribution is -2.44. The standard InChI is InChI=1S/C15H16FN3O/c16-11-3-6-13(10(8-11)9-17)19-7-1-2-14(19)15(20)18-12-4-5-12/h3,6,8,12,14H,1-2,4-5,7H2,(H,18,20)/t14-/m1/s1. The number of rotatable bonds is 3. The summed E-state index contributed by atoms with van der Waals surface area (Å²) < 4.78 is 13.2. The fourth-order valence-corrected chi connectivity index (χ4v) is 2.70. The van der Waals surface area contributed by atoms with Crippen molar-refractivity contribution in [3.05, 3.63) is 29.6 Å². The van der Waals surface area contributed by atoms with E-state index >= 15 is 0 Å². The Morgan fingerprint density at radius 2 is 2.20 bits per heavy atom. The Balaban J connectivity index is 1.84. The van der Waals surface area contributed by atoms with E-state index in [-0.39, 0.29) is 17.5 Å². The predicted molar refractivity (Wildman–Crippen MR) is 72.6 cm³/mol. The Morgan fingerprint density at radius 3 is 2.90 bits per heavy atom. The molecule has 1 heterocycles. The number of hydrogen-bond donors (Lipinski definition) is 1. The number of carbonyl (C=O) groups is 1. The summed E-state index contributed by atoms with van der Waals surface area (Å²) in [6.45, 7) is 0.725. The van der Waals surface area contributed by atoms with Crippen molar-refractivity contribution in [1.29, 1.82) is 5.26 Å². The van der Waals surface area contributed by atoms with Crippen molar-refractivity contribution in [3.63, 3.8) is 0 Å². The van der Waals surface area contributed by atoms with Gasteiger partial charge in [0, 0.05) is 12.6 Å². The Labute approximate surface area is 117 Å². The van der Waals surface area contributed by atoms with Gasteiger partial charge in [0.2, 0.25) is 5.91 Å². The Kier molecular flexibility index (Phi) is 3.31. The highest BCUT2D eigenvalue weighted by molar-refractivity contribution is 5.87. The van der Waals surface area contributed by atoms with Gasteiger partial charge in [-0.15, -0.1) is 0 Å². The molecule has 1 saturated carbocycles. The summed E-state index contributed by atoms with van der Waals surface area (Å²) in [7, 11) is 0. The Bertz CT molecular complexity index is 577. The minimum Gasteiger partial charge on any atom is -0.358 e. The number of halogens is 1. The fraction of sp³-hybridized carbons (Fsp3) is 0.467. The first-order valence-corrected chi connectivity index (χ1v) is 6.95. The van der Waals surface area contributed by atoms with Crippen LogP contribution in [0.2, 0.25) is 0 Å². The molecule has 1 aliphatic heterocycles. The third-order valence-electron chi connectivity index (χ3n) is 3.87. The molecule has 0 spiro atoms. The smallest absolute Gasteiger partial charge is 0.242 e. The summed E-state index contributed by atoms with van der Waals surface area (Å²) in [4.78, 5) is 14.2. The van der Waals surface area contributed by atoms with Crippen LogP contribution in [-0.4, -0.2) is 24.5 Å². The number of carbonyl (C=O) groups excluding carboxylic acids is 1. The van der Waals surface area contributed by atoms with Crippen molar-refractivity contribution in [2.75, 3.05) is 11.4 Å². The molecule has 4 nitrogen and oxygen atoms in total. The largest absolute Gasteiger partial charge is 0.358 e. The van der Waals surface area contributed by atoms with Crippen LogP contribution in [0.5, 0.6) is 0 Å². The lowest BCUT2D eigenvalue weighted by atomic mass is 10.1. The molecule has 1 amide bonds. The maximum absolute atomic E-state index is 13.2. The van der Waals surface area contributed by atoms with Crippen LogP contribution in [0.1, 0.15) is 31.2 Å². The average Bonchev–Trinajstić information content (AvgIpc) is 3.12. The molecule has 0 radical (unpaired) electrons. The molecule has 0 aromatic heterocycles. The number of nitrogens with one attached hydrogen (secondary N) is 1. The zero-order valence-corrected chi connectivity index (χ0v) is 11.1. The van der Waals surface area contributed by atoms with E-state index in [4.69, 9.17) is 5.26 Å². The van der Waals surface area contributed by atoms with E-state index in [1.165, 1.54) is 12.1 Å². The van der Waals surface area contributed by atoms with Gasteiger partial charge in [-0.2, -0.15) is 5.26 Å². The van der Waals surface area contributed by atoms with Gasteiger partial charge in [-0.1, -0.05) is 0 Å². The van der Waals surface area contributed by atoms with Crippen LogP contribution < -0.4 is 10.2 Å². The molecular formula is C15H16FN3O. The number of anilines is 1. The number of hydrogen-bond acceptors (Lipinski definition) is 3. The van der Waals surface area contributed by atoms with E-state index in [1.54, 1.807) is 6.07 Å². The van der Waals surface area contributed by atoms with Gasteiger partial charge < -0.3 is 10.2 Å². The van der Waals surface area contributed by atoms with Crippen LogP contribution in [0.15, 0.2) is 18.2 Å². The summed E-state index contributed by atoms with van der Waals surface area (Å²) in [5, 5.41) is 12.1. The summed E-state index contributed by atoms with van der Waals surface area (Å²) >= 11 is 0. The molecule has 0 unspecified atom stereocenters. The van der Waals surface area contributed by atoms with Crippen LogP contribution in [-0.2, 0) is 4.79 Å². The number of nitriles is 1. The highest BCUT2D eigenvalue weighted by Crippen LogP contribution is 2.30. The monoisotopic (exact) mass is 273 g/mol. The van der Waals surface area contributed by atoms with E-state index in [0.29, 0.717) is 11.7 Å². The van der Waals surface area contributed by atoms with E-state index < -0.39 is 5.82 Å². The second-order valence-corrected chi connectivity index (χ2v) is 5.41. The molecule has 20 heavy (non-hydrogen) atoms. The molecule has 2 fully saturated rings. The molecule has 3 rings (SSSR count). The molecular weight excluding hydrogens is 257 g/mol. The molecule has 1 N–H and O–H groups in total. The first-order valence-electron chi connectivity index (χ1n) is 6.95. The van der Waals surface area contributed by atoms with E-state index in [0.717, 1.165) is 32.2 Å². The van der Waals surface area contributed by atoms with Gasteiger partial charge in [0.15, 0.2) is 0 Å². The van der Waals surface area contributed by atoms with Crippen molar-refractivity contribution < 1.29 is 9.18 Å². The first kappa shape index (κ1) is 12.9. The minimum absolute atomic E-state index is 0.0261. The summed E-state index contributed by atoms with van der Waals surface area (Å²) in [5.41, 5.74) is 0.943. The highest BCUT2D eigenvalue weighted by Gasteiger charge is 2.34. The first-order chi connectivity index (χ1) is 9.69. The third-order valence-corrected chi connectivity index (χ3v) is 3.87. The van der Waals surface area contributed by atoms with Crippen molar-refractivity contribution >= 4 is 11.6 Å². The van der Waals surface area contributed by atoms with Crippen molar-refractivity contribution in [2.45, 2.75) is 37.8 Å². The van der Waals surface area contributed by atoms with Gasteiger partial charge in [-0.25, -0.2) is 4.39 Å². The van der Waals surface area contributed by atoms with Crippen molar-refractivity contribution in [3.8, 4) is 6.07 Å². The second kappa shape index (κ2) is 5.12. The van der Waals surface area contributed by atoms with Crippen LogP contribution in [0.4, 0.5) is 10.1 Å². The van der Waals surface area contributed by atoms with E-state index in [2.05, 4.69) is 5.32 Å². The predicted octanol–water partition coefficient (Wildman–Crippen LogP) is 1.94. The molecule has 5 heteroatoms. The normalized spacial score (nSPS) is 21.6. The topological polar surface area (TPSA) is 56.1 Å². The van der Waals surface area contributed by atoms with Crippen LogP contribution in [0.25, 0.3) is 0 Å². The van der Waals surface area contributed by atoms with Gasteiger partial charge in [0.1, 0.15) is 17.9 Å². The molecule has 1 atom stereocenters. The average molecular weight is 273 g/mol. The molecule has 1 aromatic carbocycles. The summed E-state index contributed by atoms with van der Waals surface area (Å²) in [5.74, 6) is -0.401. The van der Waals surface area contributed by atoms with E-state index in [9.17, 15) is 9.18 Å². The summed E-state index contributed by atoms with van der Waals surface area (Å²) in [6, 6.07) is 6.25. The van der Waals surface area contributed by atoms with Gasteiger partial charge in [0.25, 0.3) is 0 Å². The minimum atomic E-state index is -0.427. The number of amides is 1. The highest BCUT2D eigenvalue weighted by atomic mass is 19.1. The van der Waals surface area contributed by atoms with Gasteiger partial charge >= 0.3 is 0 Å². The van der Waals surface area contributed by atoms with Gasteiger partial charge in [0.05, 0.1) is 11.3 Å². The number of benzene rings is 1. The molecule has 1 saturated heterocycles. The Hall–Kier alpha value is -2.09. The molecule has 1 aliphatic carbocycles. The van der Waals surface area contributed by atoms with Crippen molar-refractivity contribution in [1.82, 2.24) is 5.32 Å². The second-order valence-electron chi connectivity index (χ2n) is 5.41. The lowest BCUT2D eigenvalue weighted by Gasteiger charge is -2.26. The molecule has 0 bridgehead atoms. The zero-order valence-electron chi connectivity index (χ0n) is 11.1. The van der Waals surface area contributed by atoms with Gasteiger partial charge in [-0.05, 0) is 43.9 Å². The Morgan fingerprint density at radius 1 is 1.40 bits per heavy atom. The van der Waals surface area contributed by atoms with E-state index in [1.807, 2.05) is 11.0 Å². The quantitative estimate of drug-likeness (QED) is 0.915. The molecule has 2 aliphatic rings. The lowest BCUT2D eigenvalue weighted by molar-refractivity contribution is -0.122. The summed E-state index contributed by atoms with van der Waals surface area (Å²) in [6.07, 6.45) is 3.79. The van der Waals surface area contributed by atoms with Gasteiger partial charge in [-0.3, -0.25) is 4.79 Å². The zero-order chi connectivity index (χ0) is 14.1. The number of nitrogens with zero attached hydrogens (tertiary/aromatic N) is 2. The molecule has 1 aromatic rings. The molecule has 104 valence electrons. The third kappa shape index (κ3) is 2.46. The fourth-order valence-electron chi connectivity index (χ4n) is 2.70. The SMILES string of the molecule is N#Cc1cc(F)ccc1N1CCC[C@@H]1C(=O)NC1CC1. The van der Waals surface area contributed by atoms with Crippen molar-refractivity contribution in [2.24, 2.45) is 0 Å². The van der Waals surface area contributed by atoms with Crippen LogP contribution in [0, 0.1) is 17.1 Å². The van der Waals surface area contributed by atoms with Crippen LogP contribution in [0.3, 0.4) is 0 Å². The maximum Gasteiger partial charge on any atom is 0.242 e. The van der Waals surface area contributed by atoms with Crippen LogP contribution >= 0.6 is 0 Å².